The van der Waals surface area contributed by atoms with Crippen LogP contribution < -0.4 is 0 Å². The van der Waals surface area contributed by atoms with Gasteiger partial charge >= 0.3 is 0 Å². The summed E-state index contributed by atoms with van der Waals surface area (Å²) in [7, 11) is 0. The van der Waals surface area contributed by atoms with E-state index in [1.807, 2.05) is 25.1 Å². The number of benzene rings is 1. The quantitative estimate of drug-likeness (QED) is 0.576. The summed E-state index contributed by atoms with van der Waals surface area (Å²) in [5.41, 5.74) is 1.28. The maximum atomic E-state index is 7.21. The fraction of sp³-hybridized carbons (Fsp3) is 0.222. The lowest BCUT2D eigenvalue weighted by atomic mass is 10.2. The number of rotatable bonds is 2. The second-order valence-corrected chi connectivity index (χ2v) is 3.52. The second-order valence-electron chi connectivity index (χ2n) is 2.33. The van der Waals surface area contributed by atoms with Gasteiger partial charge in [0.05, 0.1) is 5.04 Å². The Morgan fingerprint density at radius 2 is 1.92 bits per heavy atom. The third kappa shape index (κ3) is 4.42. The minimum absolute atomic E-state index is 0. The van der Waals surface area contributed by atoms with Crippen LogP contribution >= 0.6 is 24.2 Å². The topological polar surface area (TPSA) is 23.9 Å². The van der Waals surface area contributed by atoms with E-state index < -0.39 is 0 Å². The van der Waals surface area contributed by atoms with Gasteiger partial charge in [-0.3, -0.25) is 5.41 Å². The Balaban J connectivity index is 0.00000121. The molecule has 0 aliphatic carbocycles. The lowest BCUT2D eigenvalue weighted by Gasteiger charge is -1.97. The first kappa shape index (κ1) is 11.5. The van der Waals surface area contributed by atoms with Crippen molar-refractivity contribution in [2.75, 3.05) is 0 Å². The predicted molar refractivity (Wildman–Crippen MR) is 58.4 cm³/mol. The van der Waals surface area contributed by atoms with Crippen LogP contribution in [0, 0.1) is 5.41 Å². The number of hydrogen-bond donors (Lipinski definition) is 1. The largest absolute Gasteiger partial charge is 0.299 e. The molecule has 0 fully saturated rings. The molecule has 1 rings (SSSR count). The van der Waals surface area contributed by atoms with E-state index in [0.717, 1.165) is 5.75 Å². The van der Waals surface area contributed by atoms with Gasteiger partial charge in [-0.05, 0) is 12.5 Å². The Kier molecular flexibility index (Phi) is 5.85. The molecule has 0 bridgehead atoms. The fourth-order valence-electron chi connectivity index (χ4n) is 0.766. The van der Waals surface area contributed by atoms with Crippen molar-refractivity contribution in [1.29, 1.82) is 5.41 Å². The minimum Gasteiger partial charge on any atom is -0.299 e. The summed E-state index contributed by atoms with van der Waals surface area (Å²) >= 11 is 1.57. The van der Waals surface area contributed by atoms with Crippen molar-refractivity contribution in [3.05, 3.63) is 35.9 Å². The normalized spacial score (nSPS) is 8.75. The van der Waals surface area contributed by atoms with Gasteiger partial charge in [-0.25, -0.2) is 0 Å². The number of nitrogens with one attached hydrogen (secondary N) is 1. The molecule has 0 saturated carbocycles. The van der Waals surface area contributed by atoms with Crippen LogP contribution in [0.25, 0.3) is 0 Å². The third-order valence-corrected chi connectivity index (χ3v) is 2.21. The Hall–Kier alpha value is -0.470. The van der Waals surface area contributed by atoms with Crippen LogP contribution in [0.2, 0.25) is 0 Å². The van der Waals surface area contributed by atoms with Gasteiger partial charge in [0.15, 0.2) is 0 Å². The van der Waals surface area contributed by atoms with E-state index in [2.05, 4.69) is 12.1 Å². The first-order valence-electron chi connectivity index (χ1n) is 3.51. The van der Waals surface area contributed by atoms with E-state index in [4.69, 9.17) is 5.41 Å². The monoisotopic (exact) mass is 201 g/mol. The second kappa shape index (κ2) is 6.09. The predicted octanol–water partition coefficient (Wildman–Crippen LogP) is 3.34. The highest BCUT2D eigenvalue weighted by atomic mass is 35.5. The molecule has 0 saturated heterocycles. The van der Waals surface area contributed by atoms with Gasteiger partial charge in [-0.1, -0.05) is 30.3 Å². The van der Waals surface area contributed by atoms with Gasteiger partial charge in [0, 0.05) is 5.75 Å². The van der Waals surface area contributed by atoms with E-state index in [1.165, 1.54) is 5.56 Å². The molecule has 1 N–H and O–H groups in total. The highest BCUT2D eigenvalue weighted by molar-refractivity contribution is 8.13. The molecule has 0 aliphatic rings. The standard InChI is InChI=1S/C9H11NS.ClH/c1-8(10)11-7-9-5-3-2-4-6-9;/h2-6,10H,7H2,1H3;1H. The lowest BCUT2D eigenvalue weighted by molar-refractivity contribution is 1.42. The zero-order valence-corrected chi connectivity index (χ0v) is 8.54. The Labute approximate surface area is 83.5 Å². The molecular weight excluding hydrogens is 190 g/mol. The summed E-state index contributed by atoms with van der Waals surface area (Å²) in [5, 5.41) is 7.88. The van der Waals surface area contributed by atoms with Crippen LogP contribution in [0.15, 0.2) is 30.3 Å². The van der Waals surface area contributed by atoms with Crippen LogP contribution in [-0.2, 0) is 5.75 Å². The molecular formula is C9H12ClNS. The molecule has 0 unspecified atom stereocenters. The molecule has 0 amide bonds. The van der Waals surface area contributed by atoms with Gasteiger partial charge in [0.2, 0.25) is 0 Å². The Morgan fingerprint density at radius 3 is 2.42 bits per heavy atom. The molecule has 0 heterocycles. The van der Waals surface area contributed by atoms with Crippen molar-refractivity contribution in [3.63, 3.8) is 0 Å². The van der Waals surface area contributed by atoms with E-state index in [0.29, 0.717) is 5.04 Å². The fourth-order valence-corrected chi connectivity index (χ4v) is 1.34. The number of thioether (sulfide) groups is 1. The molecule has 1 aromatic rings. The van der Waals surface area contributed by atoms with E-state index in [-0.39, 0.29) is 12.4 Å². The molecule has 12 heavy (non-hydrogen) atoms. The highest BCUT2D eigenvalue weighted by Crippen LogP contribution is 2.11. The van der Waals surface area contributed by atoms with Crippen molar-refractivity contribution in [2.24, 2.45) is 0 Å². The molecule has 1 aromatic carbocycles. The van der Waals surface area contributed by atoms with Crippen LogP contribution in [0.4, 0.5) is 0 Å². The molecule has 0 aromatic heterocycles. The average molecular weight is 202 g/mol. The van der Waals surface area contributed by atoms with Crippen molar-refractivity contribution in [1.82, 2.24) is 0 Å². The zero-order valence-electron chi connectivity index (χ0n) is 6.91. The van der Waals surface area contributed by atoms with Crippen LogP contribution in [0.5, 0.6) is 0 Å². The van der Waals surface area contributed by atoms with Crippen molar-refractivity contribution in [2.45, 2.75) is 12.7 Å². The summed E-state index contributed by atoms with van der Waals surface area (Å²) in [6.07, 6.45) is 0. The smallest absolute Gasteiger partial charge is 0.0613 e. The summed E-state index contributed by atoms with van der Waals surface area (Å²) < 4.78 is 0. The Morgan fingerprint density at radius 1 is 1.33 bits per heavy atom. The summed E-state index contributed by atoms with van der Waals surface area (Å²) in [6, 6.07) is 10.2. The molecule has 0 atom stereocenters. The lowest BCUT2D eigenvalue weighted by Crippen LogP contribution is -1.83. The molecule has 0 spiro atoms. The van der Waals surface area contributed by atoms with Crippen LogP contribution in [0.1, 0.15) is 12.5 Å². The van der Waals surface area contributed by atoms with E-state index in [1.54, 1.807) is 11.8 Å². The van der Waals surface area contributed by atoms with Gasteiger partial charge in [-0.2, -0.15) is 0 Å². The Bertz CT molecular complexity index is 236. The molecule has 0 aliphatic heterocycles. The van der Waals surface area contributed by atoms with E-state index >= 15 is 0 Å². The summed E-state index contributed by atoms with van der Waals surface area (Å²) in [6.45, 7) is 1.81. The maximum Gasteiger partial charge on any atom is 0.0613 e. The molecule has 66 valence electrons. The van der Waals surface area contributed by atoms with Crippen molar-refractivity contribution < 1.29 is 0 Å². The van der Waals surface area contributed by atoms with Gasteiger partial charge in [0.25, 0.3) is 0 Å². The first-order valence-corrected chi connectivity index (χ1v) is 4.49. The van der Waals surface area contributed by atoms with Crippen LogP contribution in [0.3, 0.4) is 0 Å². The summed E-state index contributed by atoms with van der Waals surface area (Å²) in [4.78, 5) is 0. The van der Waals surface area contributed by atoms with Crippen LogP contribution in [-0.4, -0.2) is 5.04 Å². The first-order chi connectivity index (χ1) is 5.29. The van der Waals surface area contributed by atoms with E-state index in [9.17, 15) is 0 Å². The summed E-state index contributed by atoms with van der Waals surface area (Å²) in [5.74, 6) is 0.913. The molecule has 1 nitrogen and oxygen atoms in total. The maximum absolute atomic E-state index is 7.21. The minimum atomic E-state index is 0. The van der Waals surface area contributed by atoms with Gasteiger partial charge in [0.1, 0.15) is 0 Å². The van der Waals surface area contributed by atoms with Crippen molar-refractivity contribution >= 4 is 29.2 Å². The highest BCUT2D eigenvalue weighted by Gasteiger charge is 1.91. The SMILES string of the molecule is CC(=N)SCc1ccccc1.Cl. The zero-order chi connectivity index (χ0) is 8.10. The number of hydrogen-bond acceptors (Lipinski definition) is 2. The number of halogens is 1. The molecule has 3 heteroatoms. The van der Waals surface area contributed by atoms with Gasteiger partial charge in [-0.15, -0.1) is 24.2 Å². The third-order valence-electron chi connectivity index (χ3n) is 1.30. The van der Waals surface area contributed by atoms with Gasteiger partial charge < -0.3 is 0 Å². The van der Waals surface area contributed by atoms with Crippen molar-refractivity contribution in [3.8, 4) is 0 Å². The average Bonchev–Trinajstić information content (AvgIpc) is 2.03. The molecule has 0 radical (unpaired) electrons.